The smallest absolute Gasteiger partial charge is 0.430 e. The molecule has 0 aromatic heterocycles. The Balaban J connectivity index is -0.000000141. The Kier molecular flexibility index (Phi) is 14.6. The Morgan fingerprint density at radius 1 is 0.556 bits per heavy atom. The summed E-state index contributed by atoms with van der Waals surface area (Å²) in [6, 6.07) is 0. The van der Waals surface area contributed by atoms with Gasteiger partial charge in [-0.25, -0.2) is 0 Å². The first-order valence-corrected chi connectivity index (χ1v) is 7.42. The summed E-state index contributed by atoms with van der Waals surface area (Å²) in [5.74, 6) is 0. The zero-order chi connectivity index (χ0) is 12.0. The van der Waals surface area contributed by atoms with E-state index < -0.39 is 8.32 Å². The van der Waals surface area contributed by atoms with Crippen LogP contribution in [0.25, 0.3) is 0 Å². The standard InChI is InChI=1S/C12H28OSi.3CH3.Zr/c1-10(2,3)14(13,11(4,5)6)12(7,8)9;;;;/h13H,1-9H3;3*1H3;/q;3*-1;+3. The minimum absolute atomic E-state index is 0. The van der Waals surface area contributed by atoms with Gasteiger partial charge in [-0.15, -0.1) is 0 Å². The van der Waals surface area contributed by atoms with Crippen LogP contribution in [0.5, 0.6) is 0 Å². The fourth-order valence-electron chi connectivity index (χ4n) is 3.38. The molecular formula is C15H37OSiZr. The van der Waals surface area contributed by atoms with Crippen molar-refractivity contribution in [2.45, 2.75) is 77.4 Å². The summed E-state index contributed by atoms with van der Waals surface area (Å²) in [5.41, 5.74) is 0. The van der Waals surface area contributed by atoms with Gasteiger partial charge in [0.2, 0.25) is 8.32 Å². The fourth-order valence-corrected chi connectivity index (χ4v) is 10.1. The topological polar surface area (TPSA) is 20.2 Å². The second kappa shape index (κ2) is 8.37. The molecule has 0 aliphatic heterocycles. The largest absolute Gasteiger partial charge is 3.00 e. The quantitative estimate of drug-likeness (QED) is 0.439. The van der Waals surface area contributed by atoms with Crippen molar-refractivity contribution in [2.24, 2.45) is 0 Å². The molecule has 3 heteroatoms. The van der Waals surface area contributed by atoms with Crippen molar-refractivity contribution in [1.82, 2.24) is 0 Å². The molecule has 0 saturated carbocycles. The molecule has 1 radical (unpaired) electrons. The number of hydrogen-bond acceptors (Lipinski definition) is 1. The van der Waals surface area contributed by atoms with Crippen LogP contribution < -0.4 is 0 Å². The summed E-state index contributed by atoms with van der Waals surface area (Å²) in [6.07, 6.45) is 0. The van der Waals surface area contributed by atoms with Gasteiger partial charge >= 0.3 is 26.2 Å². The van der Waals surface area contributed by atoms with Crippen LogP contribution in [0.3, 0.4) is 0 Å². The van der Waals surface area contributed by atoms with Gasteiger partial charge < -0.3 is 27.1 Å². The first-order chi connectivity index (χ1) is 5.75. The van der Waals surface area contributed by atoms with E-state index in [1.165, 1.54) is 0 Å². The summed E-state index contributed by atoms with van der Waals surface area (Å²) < 4.78 is 0. The molecule has 0 fully saturated rings. The fraction of sp³-hybridized carbons (Fsp3) is 0.800. The van der Waals surface area contributed by atoms with Gasteiger partial charge in [-0.3, -0.25) is 0 Å². The SMILES string of the molecule is CC(C)(C)[Si](O)(C(C)(C)C)C(C)(C)C.[CH3-].[CH3-].[CH3-].[Zr+3]. The maximum Gasteiger partial charge on any atom is 3.00 e. The van der Waals surface area contributed by atoms with Crippen molar-refractivity contribution in [3.8, 4) is 0 Å². The van der Waals surface area contributed by atoms with Crippen LogP contribution in [0.1, 0.15) is 62.3 Å². The molecule has 0 aromatic carbocycles. The third kappa shape index (κ3) is 5.59. The van der Waals surface area contributed by atoms with Gasteiger partial charge in [-0.1, -0.05) is 62.3 Å². The predicted octanol–water partition coefficient (Wildman–Crippen LogP) is 5.67. The van der Waals surface area contributed by atoms with E-state index >= 15 is 0 Å². The van der Waals surface area contributed by atoms with E-state index in [0.717, 1.165) is 0 Å². The minimum Gasteiger partial charge on any atom is -0.430 e. The Labute approximate surface area is 138 Å². The second-order valence-corrected chi connectivity index (χ2v) is 13.4. The molecule has 0 bridgehead atoms. The summed E-state index contributed by atoms with van der Waals surface area (Å²) in [5, 5.41) is 0.0521. The molecule has 1 nitrogen and oxygen atoms in total. The first kappa shape index (κ1) is 31.4. The van der Waals surface area contributed by atoms with E-state index in [2.05, 4.69) is 62.3 Å². The molecule has 111 valence electrons. The Morgan fingerprint density at radius 3 is 0.667 bits per heavy atom. The van der Waals surface area contributed by atoms with E-state index in [1.807, 2.05) is 0 Å². The summed E-state index contributed by atoms with van der Waals surface area (Å²) >= 11 is 0. The van der Waals surface area contributed by atoms with Gasteiger partial charge in [-0.05, 0) is 15.1 Å². The molecule has 0 spiro atoms. The average molecular weight is 353 g/mol. The molecule has 0 atom stereocenters. The molecule has 0 amide bonds. The third-order valence-electron chi connectivity index (χ3n) is 3.26. The second-order valence-electron chi connectivity index (χ2n) is 7.46. The Morgan fingerprint density at radius 2 is 0.667 bits per heavy atom. The van der Waals surface area contributed by atoms with Crippen LogP contribution in [0, 0.1) is 22.3 Å². The van der Waals surface area contributed by atoms with Crippen molar-refractivity contribution in [3.05, 3.63) is 22.3 Å². The monoisotopic (exact) mass is 351 g/mol. The zero-order valence-corrected chi connectivity index (χ0v) is 18.4. The zero-order valence-electron chi connectivity index (χ0n) is 14.9. The molecule has 0 aromatic rings. The van der Waals surface area contributed by atoms with E-state index in [0.29, 0.717) is 0 Å². The maximum atomic E-state index is 11.2. The molecule has 0 saturated heterocycles. The van der Waals surface area contributed by atoms with Gasteiger partial charge in [0, 0.05) is 0 Å². The van der Waals surface area contributed by atoms with Crippen LogP contribution in [-0.4, -0.2) is 13.1 Å². The Hall–Kier alpha value is 1.06. The van der Waals surface area contributed by atoms with Crippen molar-refractivity contribution in [3.63, 3.8) is 0 Å². The van der Waals surface area contributed by atoms with E-state index in [4.69, 9.17) is 0 Å². The van der Waals surface area contributed by atoms with Crippen LogP contribution in [0.15, 0.2) is 0 Å². The van der Waals surface area contributed by atoms with Gasteiger partial charge in [0.05, 0.1) is 0 Å². The van der Waals surface area contributed by atoms with E-state index in [9.17, 15) is 4.80 Å². The normalized spacial score (nSPS) is 12.3. The summed E-state index contributed by atoms with van der Waals surface area (Å²) in [7, 11) is -2.35. The van der Waals surface area contributed by atoms with Crippen molar-refractivity contribution in [2.75, 3.05) is 0 Å². The summed E-state index contributed by atoms with van der Waals surface area (Å²) in [4.78, 5) is 11.2. The molecule has 0 heterocycles. The van der Waals surface area contributed by atoms with E-state index in [-0.39, 0.29) is 63.6 Å². The molecule has 1 N–H and O–H groups in total. The van der Waals surface area contributed by atoms with E-state index in [1.54, 1.807) is 0 Å². The van der Waals surface area contributed by atoms with Crippen LogP contribution in [0.4, 0.5) is 0 Å². The first-order valence-electron chi connectivity index (χ1n) is 5.47. The van der Waals surface area contributed by atoms with Crippen molar-refractivity contribution >= 4 is 8.32 Å². The number of hydrogen-bond donors (Lipinski definition) is 1. The van der Waals surface area contributed by atoms with Crippen molar-refractivity contribution < 1.29 is 31.0 Å². The molecule has 0 rings (SSSR count). The molecular weight excluding hydrogens is 315 g/mol. The third-order valence-corrected chi connectivity index (χ3v) is 9.77. The van der Waals surface area contributed by atoms with Crippen molar-refractivity contribution in [1.29, 1.82) is 0 Å². The van der Waals surface area contributed by atoms with Crippen LogP contribution >= 0.6 is 0 Å². The molecule has 18 heavy (non-hydrogen) atoms. The number of rotatable bonds is 0. The minimum atomic E-state index is -2.35. The van der Waals surface area contributed by atoms with Crippen LogP contribution in [-0.2, 0) is 26.2 Å². The Bertz CT molecular complexity index is 170. The van der Waals surface area contributed by atoms with Crippen LogP contribution in [0.2, 0.25) is 15.1 Å². The predicted molar refractivity (Wildman–Crippen MR) is 86.4 cm³/mol. The average Bonchev–Trinajstić information content (AvgIpc) is 1.77. The molecule has 0 unspecified atom stereocenters. The molecule has 0 aliphatic carbocycles. The van der Waals surface area contributed by atoms with Gasteiger partial charge in [0.15, 0.2) is 0 Å². The molecule has 0 aliphatic rings. The van der Waals surface area contributed by atoms with Gasteiger partial charge in [-0.2, -0.15) is 0 Å². The maximum absolute atomic E-state index is 11.2. The summed E-state index contributed by atoms with van der Waals surface area (Å²) in [6.45, 7) is 19.6. The van der Waals surface area contributed by atoms with Gasteiger partial charge in [0.1, 0.15) is 0 Å². The van der Waals surface area contributed by atoms with Gasteiger partial charge in [0.25, 0.3) is 0 Å².